The van der Waals surface area contributed by atoms with Crippen LogP contribution in [0.5, 0.6) is 0 Å². The summed E-state index contributed by atoms with van der Waals surface area (Å²) in [5.74, 6) is -3.61. The van der Waals surface area contributed by atoms with Gasteiger partial charge in [0.25, 0.3) is 23.3 Å². The number of carbonyl (C=O) groups excluding carboxylic acids is 2. The van der Waals surface area contributed by atoms with Crippen LogP contribution in [0.4, 0.5) is 14.6 Å². The van der Waals surface area contributed by atoms with E-state index in [4.69, 9.17) is 16.3 Å². The van der Waals surface area contributed by atoms with Gasteiger partial charge in [0.1, 0.15) is 11.4 Å². The standard InChI is InChI=1S/C32H34ClF2N5O4/c1-18(44-2)13-36-14-19-9-26(31(43)40(15-19)23-6-7-23)29(41)38-28-11-21(10-27(37-28)20-3-4-20)24-8-5-22(33)12-25(24)30(42)39-16-32(34,35)17-39/h5,8-12,15,18,20,23,36H,3-4,6-7,13-14,16-17H2,1-2H3,(H,37,38,41). The fourth-order valence-electron chi connectivity index (χ4n) is 5.36. The van der Waals surface area contributed by atoms with Gasteiger partial charge in [-0.25, -0.2) is 13.8 Å². The highest BCUT2D eigenvalue weighted by Gasteiger charge is 2.46. The van der Waals surface area contributed by atoms with Gasteiger partial charge in [-0.2, -0.15) is 0 Å². The van der Waals surface area contributed by atoms with Gasteiger partial charge in [-0.15, -0.1) is 0 Å². The van der Waals surface area contributed by atoms with Gasteiger partial charge < -0.3 is 24.8 Å². The summed E-state index contributed by atoms with van der Waals surface area (Å²) in [4.78, 5) is 46.0. The number of rotatable bonds is 11. The number of pyridine rings is 2. The van der Waals surface area contributed by atoms with Crippen LogP contribution in [-0.4, -0.2) is 65.0 Å². The second-order valence-electron chi connectivity index (χ2n) is 12.0. The molecule has 3 fully saturated rings. The molecule has 0 bridgehead atoms. The smallest absolute Gasteiger partial charge is 0.282 e. The Hall–Kier alpha value is -3.67. The molecule has 1 aromatic carbocycles. The number of anilines is 1. The first-order chi connectivity index (χ1) is 21.0. The molecule has 2 saturated carbocycles. The summed E-state index contributed by atoms with van der Waals surface area (Å²) in [5, 5.41) is 6.42. The summed E-state index contributed by atoms with van der Waals surface area (Å²) in [6.45, 7) is 1.70. The molecule has 2 aromatic heterocycles. The molecule has 2 aliphatic carbocycles. The maximum atomic E-state index is 13.6. The Morgan fingerprint density at radius 1 is 1.11 bits per heavy atom. The Labute approximate surface area is 258 Å². The van der Waals surface area contributed by atoms with Gasteiger partial charge in [0.15, 0.2) is 0 Å². The molecule has 12 heteroatoms. The second-order valence-corrected chi connectivity index (χ2v) is 12.4. The van der Waals surface area contributed by atoms with Crippen LogP contribution in [0, 0.1) is 0 Å². The number of carbonyl (C=O) groups is 2. The first kappa shape index (κ1) is 30.4. The highest BCUT2D eigenvalue weighted by molar-refractivity contribution is 6.31. The molecule has 0 spiro atoms. The Morgan fingerprint density at radius 3 is 2.52 bits per heavy atom. The predicted molar refractivity (Wildman–Crippen MR) is 163 cm³/mol. The highest BCUT2D eigenvalue weighted by atomic mass is 35.5. The first-order valence-corrected chi connectivity index (χ1v) is 15.2. The van der Waals surface area contributed by atoms with E-state index in [0.717, 1.165) is 41.8 Å². The van der Waals surface area contributed by atoms with Crippen molar-refractivity contribution in [2.75, 3.05) is 32.1 Å². The third kappa shape index (κ3) is 6.69. The predicted octanol–water partition coefficient (Wildman–Crippen LogP) is 5.24. The van der Waals surface area contributed by atoms with Crippen LogP contribution in [0.25, 0.3) is 11.1 Å². The SMILES string of the molecule is COC(C)CNCc1cc(C(=O)Nc2cc(-c3ccc(Cl)cc3C(=O)N3CC(F)(F)C3)cc(C3CC3)n2)c(=O)n(C2CC2)c1. The zero-order chi connectivity index (χ0) is 31.2. The number of nitrogens with zero attached hydrogens (tertiary/aromatic N) is 3. The number of halogens is 3. The topological polar surface area (TPSA) is 106 Å². The number of likely N-dealkylation sites (tertiary alicyclic amines) is 1. The molecule has 0 radical (unpaired) electrons. The Morgan fingerprint density at radius 2 is 1.86 bits per heavy atom. The van der Waals surface area contributed by atoms with E-state index in [9.17, 15) is 23.2 Å². The van der Waals surface area contributed by atoms with Crippen LogP contribution in [-0.2, 0) is 11.3 Å². The quantitative estimate of drug-likeness (QED) is 0.302. The fourth-order valence-corrected chi connectivity index (χ4v) is 5.53. The van der Waals surface area contributed by atoms with E-state index in [1.807, 2.05) is 13.0 Å². The summed E-state index contributed by atoms with van der Waals surface area (Å²) in [6.07, 6.45) is 5.44. The minimum atomic E-state index is -2.91. The molecular formula is C32H34ClF2N5O4. The molecule has 3 heterocycles. The average molecular weight is 626 g/mol. The number of amides is 2. The van der Waals surface area contributed by atoms with Crippen molar-refractivity contribution in [2.24, 2.45) is 0 Å². The summed E-state index contributed by atoms with van der Waals surface area (Å²) < 4.78 is 34.0. The third-order valence-electron chi connectivity index (χ3n) is 8.18. The number of benzene rings is 1. The molecule has 1 saturated heterocycles. The molecule has 44 heavy (non-hydrogen) atoms. The number of hydrogen-bond acceptors (Lipinski definition) is 6. The monoisotopic (exact) mass is 625 g/mol. The van der Waals surface area contributed by atoms with Crippen molar-refractivity contribution in [3.8, 4) is 11.1 Å². The molecule has 6 rings (SSSR count). The summed E-state index contributed by atoms with van der Waals surface area (Å²) in [7, 11) is 1.64. The third-order valence-corrected chi connectivity index (χ3v) is 8.42. The van der Waals surface area contributed by atoms with E-state index in [1.54, 1.807) is 42.1 Å². The van der Waals surface area contributed by atoms with Gasteiger partial charge in [-0.3, -0.25) is 14.4 Å². The Balaban J connectivity index is 1.31. The van der Waals surface area contributed by atoms with Crippen LogP contribution in [0.3, 0.4) is 0 Å². The van der Waals surface area contributed by atoms with Gasteiger partial charge in [0.05, 0.1) is 19.2 Å². The number of methoxy groups -OCH3 is 1. The molecule has 3 aromatic rings. The lowest BCUT2D eigenvalue weighted by molar-refractivity contribution is -0.113. The molecule has 9 nitrogen and oxygen atoms in total. The van der Waals surface area contributed by atoms with Gasteiger partial charge >= 0.3 is 0 Å². The minimum Gasteiger partial charge on any atom is -0.380 e. The number of aromatic nitrogens is 2. The lowest BCUT2D eigenvalue weighted by Gasteiger charge is -2.39. The lowest BCUT2D eigenvalue weighted by atomic mass is 9.96. The summed E-state index contributed by atoms with van der Waals surface area (Å²) in [6, 6.07) is 9.92. The highest BCUT2D eigenvalue weighted by Crippen LogP contribution is 2.42. The van der Waals surface area contributed by atoms with E-state index in [-0.39, 0.29) is 40.6 Å². The molecule has 232 valence electrons. The van der Waals surface area contributed by atoms with Crippen molar-refractivity contribution in [1.82, 2.24) is 19.8 Å². The molecule has 3 aliphatic rings. The van der Waals surface area contributed by atoms with Crippen LogP contribution in [0.2, 0.25) is 5.02 Å². The molecule has 1 aliphatic heterocycles. The number of alkyl halides is 2. The lowest BCUT2D eigenvalue weighted by Crippen LogP contribution is -2.58. The van der Waals surface area contributed by atoms with Crippen LogP contribution < -0.4 is 16.2 Å². The molecule has 1 unspecified atom stereocenters. The minimum absolute atomic E-state index is 0.00872. The molecule has 2 N–H and O–H groups in total. The Bertz CT molecular complexity index is 1660. The van der Waals surface area contributed by atoms with Crippen molar-refractivity contribution < 1.29 is 23.1 Å². The second kappa shape index (κ2) is 12.0. The normalized spacial score (nSPS) is 18.1. The molecule has 1 atom stereocenters. The van der Waals surface area contributed by atoms with Crippen LogP contribution >= 0.6 is 11.6 Å². The van der Waals surface area contributed by atoms with Gasteiger partial charge in [-0.1, -0.05) is 17.7 Å². The summed E-state index contributed by atoms with van der Waals surface area (Å²) in [5.41, 5.74) is 2.45. The van der Waals surface area contributed by atoms with Crippen molar-refractivity contribution in [2.45, 2.75) is 63.1 Å². The Kier molecular flexibility index (Phi) is 8.29. The zero-order valence-electron chi connectivity index (χ0n) is 24.5. The van der Waals surface area contributed by atoms with Crippen LogP contribution in [0.1, 0.15) is 76.5 Å². The van der Waals surface area contributed by atoms with Crippen molar-refractivity contribution in [1.29, 1.82) is 0 Å². The van der Waals surface area contributed by atoms with E-state index >= 15 is 0 Å². The van der Waals surface area contributed by atoms with E-state index in [2.05, 4.69) is 15.6 Å². The van der Waals surface area contributed by atoms with Gasteiger partial charge in [-0.05, 0) is 79.6 Å². The van der Waals surface area contributed by atoms with E-state index in [0.29, 0.717) is 29.2 Å². The fraction of sp³-hybridized carbons (Fsp3) is 0.438. The van der Waals surface area contributed by atoms with Crippen molar-refractivity contribution >= 4 is 29.2 Å². The maximum Gasteiger partial charge on any atom is 0.282 e. The molecule has 2 amide bonds. The van der Waals surface area contributed by atoms with E-state index in [1.165, 1.54) is 6.07 Å². The van der Waals surface area contributed by atoms with Crippen LogP contribution in [0.15, 0.2) is 47.4 Å². The van der Waals surface area contributed by atoms with Gasteiger partial charge in [0.2, 0.25) is 0 Å². The average Bonchev–Trinajstić information content (AvgIpc) is 3.89. The number of ether oxygens (including phenoxy) is 1. The largest absolute Gasteiger partial charge is 0.380 e. The molecular weight excluding hydrogens is 592 g/mol. The van der Waals surface area contributed by atoms with Gasteiger partial charge in [0, 0.05) is 54.6 Å². The number of nitrogens with one attached hydrogen (secondary N) is 2. The maximum absolute atomic E-state index is 13.6. The van der Waals surface area contributed by atoms with Crippen molar-refractivity contribution in [3.05, 3.63) is 80.4 Å². The number of hydrogen-bond donors (Lipinski definition) is 2. The first-order valence-electron chi connectivity index (χ1n) is 14.8. The summed E-state index contributed by atoms with van der Waals surface area (Å²) >= 11 is 6.22. The van der Waals surface area contributed by atoms with Crippen molar-refractivity contribution in [3.63, 3.8) is 0 Å². The zero-order valence-corrected chi connectivity index (χ0v) is 25.3. The van der Waals surface area contributed by atoms with E-state index < -0.39 is 30.8 Å².